The van der Waals surface area contributed by atoms with Gasteiger partial charge < -0.3 is 26.2 Å². The molecule has 0 spiro atoms. The molecule has 8 heteroatoms. The number of hydrogen-bond donors (Lipinski definition) is 5. The van der Waals surface area contributed by atoms with Gasteiger partial charge in [0.2, 0.25) is 11.8 Å². The molecule has 22 heavy (non-hydrogen) atoms. The lowest BCUT2D eigenvalue weighted by Gasteiger charge is -2.24. The third-order valence-electron chi connectivity index (χ3n) is 3.97. The largest absolute Gasteiger partial charge is 0.480 e. The Morgan fingerprint density at radius 3 is 2.45 bits per heavy atom. The lowest BCUT2D eigenvalue weighted by atomic mass is 9.99. The molecule has 1 aliphatic rings. The summed E-state index contributed by atoms with van der Waals surface area (Å²) in [6.45, 7) is 3.69. The first kappa shape index (κ1) is 18.4. The fourth-order valence-electron chi connectivity index (χ4n) is 2.31. The quantitative estimate of drug-likeness (QED) is 0.384. The molecule has 126 valence electrons. The Labute approximate surface area is 129 Å². The lowest BCUT2D eigenvalue weighted by molar-refractivity contribution is -0.144. The molecular weight excluding hydrogens is 290 g/mol. The van der Waals surface area contributed by atoms with E-state index in [4.69, 9.17) is 5.11 Å². The van der Waals surface area contributed by atoms with Gasteiger partial charge in [-0.25, -0.2) is 4.79 Å². The van der Waals surface area contributed by atoms with Crippen molar-refractivity contribution in [2.24, 2.45) is 5.92 Å². The fourth-order valence-corrected chi connectivity index (χ4v) is 2.31. The van der Waals surface area contributed by atoms with Crippen molar-refractivity contribution in [3.05, 3.63) is 0 Å². The number of aliphatic hydroxyl groups is 1. The Balaban J connectivity index is 2.62. The van der Waals surface area contributed by atoms with Crippen LogP contribution >= 0.6 is 0 Å². The van der Waals surface area contributed by atoms with Gasteiger partial charge in [-0.05, 0) is 25.3 Å². The standard InChI is InChI=1S/C14H25N3O5/c1-3-8(2)11(14(21)22)17-13(20)10(7-18)16-12(19)9-5-4-6-15-9/h8-11,15,18H,3-7H2,1-2H3,(H,16,19)(H,17,20)(H,21,22)/t8-,9-,10-,11-/m0/s1. The topological polar surface area (TPSA) is 128 Å². The van der Waals surface area contributed by atoms with Gasteiger partial charge in [0.1, 0.15) is 12.1 Å². The molecule has 1 rings (SSSR count). The molecule has 1 saturated heterocycles. The summed E-state index contributed by atoms with van der Waals surface area (Å²) in [5, 5.41) is 26.3. The predicted molar refractivity (Wildman–Crippen MR) is 79.1 cm³/mol. The maximum Gasteiger partial charge on any atom is 0.326 e. The van der Waals surface area contributed by atoms with Gasteiger partial charge in [0, 0.05) is 0 Å². The minimum absolute atomic E-state index is 0.256. The number of rotatable bonds is 8. The third-order valence-corrected chi connectivity index (χ3v) is 3.97. The van der Waals surface area contributed by atoms with Gasteiger partial charge >= 0.3 is 5.97 Å². The van der Waals surface area contributed by atoms with Gasteiger partial charge in [-0.1, -0.05) is 20.3 Å². The van der Waals surface area contributed by atoms with E-state index in [2.05, 4.69) is 16.0 Å². The van der Waals surface area contributed by atoms with Crippen LogP contribution in [0.3, 0.4) is 0 Å². The molecule has 0 aromatic heterocycles. The summed E-state index contributed by atoms with van der Waals surface area (Å²) >= 11 is 0. The minimum Gasteiger partial charge on any atom is -0.480 e. The van der Waals surface area contributed by atoms with Crippen LogP contribution < -0.4 is 16.0 Å². The number of carbonyl (C=O) groups is 3. The highest BCUT2D eigenvalue weighted by atomic mass is 16.4. The van der Waals surface area contributed by atoms with Gasteiger partial charge in [0.05, 0.1) is 12.6 Å². The van der Waals surface area contributed by atoms with E-state index in [1.165, 1.54) is 0 Å². The molecule has 1 aliphatic heterocycles. The van der Waals surface area contributed by atoms with E-state index in [1.54, 1.807) is 6.92 Å². The van der Waals surface area contributed by atoms with Crippen LogP contribution in [0, 0.1) is 5.92 Å². The zero-order valence-corrected chi connectivity index (χ0v) is 13.0. The predicted octanol–water partition coefficient (Wildman–Crippen LogP) is -1.17. The van der Waals surface area contributed by atoms with Crippen molar-refractivity contribution in [1.29, 1.82) is 0 Å². The molecule has 0 unspecified atom stereocenters. The van der Waals surface area contributed by atoms with Gasteiger partial charge in [-0.3, -0.25) is 9.59 Å². The Hall–Kier alpha value is -1.67. The van der Waals surface area contributed by atoms with Crippen molar-refractivity contribution in [2.75, 3.05) is 13.2 Å². The summed E-state index contributed by atoms with van der Waals surface area (Å²) in [7, 11) is 0. The van der Waals surface area contributed by atoms with E-state index in [0.29, 0.717) is 12.8 Å². The number of carboxylic acid groups (broad SMARTS) is 1. The molecule has 1 heterocycles. The van der Waals surface area contributed by atoms with Crippen LogP contribution in [0.1, 0.15) is 33.1 Å². The second-order valence-corrected chi connectivity index (χ2v) is 5.60. The summed E-state index contributed by atoms with van der Waals surface area (Å²) < 4.78 is 0. The number of amides is 2. The monoisotopic (exact) mass is 315 g/mol. The fraction of sp³-hybridized carbons (Fsp3) is 0.786. The van der Waals surface area contributed by atoms with Crippen LogP contribution in [-0.2, 0) is 14.4 Å². The van der Waals surface area contributed by atoms with Crippen molar-refractivity contribution in [2.45, 2.75) is 51.2 Å². The van der Waals surface area contributed by atoms with Crippen LogP contribution in [0.25, 0.3) is 0 Å². The summed E-state index contributed by atoms with van der Waals surface area (Å²) in [5.74, 6) is -2.44. The van der Waals surface area contributed by atoms with Crippen LogP contribution in [0.2, 0.25) is 0 Å². The highest BCUT2D eigenvalue weighted by Crippen LogP contribution is 2.09. The first-order chi connectivity index (χ1) is 10.4. The highest BCUT2D eigenvalue weighted by Gasteiger charge is 2.31. The zero-order chi connectivity index (χ0) is 16.7. The summed E-state index contributed by atoms with van der Waals surface area (Å²) in [5.41, 5.74) is 0. The van der Waals surface area contributed by atoms with Crippen molar-refractivity contribution in [3.8, 4) is 0 Å². The summed E-state index contributed by atoms with van der Waals surface area (Å²) in [4.78, 5) is 35.2. The lowest BCUT2D eigenvalue weighted by Crippen LogP contribution is -2.56. The van der Waals surface area contributed by atoms with Crippen molar-refractivity contribution < 1.29 is 24.6 Å². The Bertz CT molecular complexity index is 409. The number of carboxylic acids is 1. The molecule has 0 aliphatic carbocycles. The van der Waals surface area contributed by atoms with Crippen LogP contribution in [-0.4, -0.2) is 59.3 Å². The van der Waals surface area contributed by atoms with Gasteiger partial charge in [-0.15, -0.1) is 0 Å². The molecule has 0 radical (unpaired) electrons. The Morgan fingerprint density at radius 2 is 2.00 bits per heavy atom. The highest BCUT2D eigenvalue weighted by molar-refractivity contribution is 5.92. The van der Waals surface area contributed by atoms with Gasteiger partial charge in [0.25, 0.3) is 0 Å². The van der Waals surface area contributed by atoms with Crippen molar-refractivity contribution in [3.63, 3.8) is 0 Å². The molecule has 0 aromatic carbocycles. The molecular formula is C14H25N3O5. The minimum atomic E-state index is -1.15. The third kappa shape index (κ3) is 4.96. The molecule has 1 fully saturated rings. The van der Waals surface area contributed by atoms with E-state index < -0.39 is 30.6 Å². The SMILES string of the molecule is CC[C@H](C)[C@H](NC(=O)[C@H](CO)NC(=O)[C@@H]1CCCN1)C(=O)O. The van der Waals surface area contributed by atoms with E-state index in [-0.39, 0.29) is 17.9 Å². The number of nitrogens with one attached hydrogen (secondary N) is 3. The second kappa shape index (κ2) is 8.70. The van der Waals surface area contributed by atoms with Gasteiger partial charge in [-0.2, -0.15) is 0 Å². The number of hydrogen-bond acceptors (Lipinski definition) is 5. The summed E-state index contributed by atoms with van der Waals surface area (Å²) in [6, 6.07) is -2.57. The molecule has 0 bridgehead atoms. The van der Waals surface area contributed by atoms with E-state index in [1.807, 2.05) is 6.92 Å². The van der Waals surface area contributed by atoms with Crippen molar-refractivity contribution >= 4 is 17.8 Å². The molecule has 4 atom stereocenters. The molecule has 5 N–H and O–H groups in total. The first-order valence-electron chi connectivity index (χ1n) is 7.58. The van der Waals surface area contributed by atoms with E-state index in [0.717, 1.165) is 13.0 Å². The average Bonchev–Trinajstić information content (AvgIpc) is 3.03. The van der Waals surface area contributed by atoms with Crippen LogP contribution in [0.15, 0.2) is 0 Å². The molecule has 2 amide bonds. The number of aliphatic hydroxyl groups excluding tert-OH is 1. The van der Waals surface area contributed by atoms with E-state index >= 15 is 0 Å². The zero-order valence-electron chi connectivity index (χ0n) is 13.0. The molecule has 0 saturated carbocycles. The maximum absolute atomic E-state index is 12.1. The Kier molecular flexibility index (Phi) is 7.26. The smallest absolute Gasteiger partial charge is 0.326 e. The second-order valence-electron chi connectivity index (χ2n) is 5.60. The van der Waals surface area contributed by atoms with Gasteiger partial charge in [0.15, 0.2) is 0 Å². The molecule has 8 nitrogen and oxygen atoms in total. The summed E-state index contributed by atoms with van der Waals surface area (Å²) in [6.07, 6.45) is 2.14. The van der Waals surface area contributed by atoms with Crippen LogP contribution in [0.4, 0.5) is 0 Å². The number of aliphatic carboxylic acids is 1. The van der Waals surface area contributed by atoms with Crippen molar-refractivity contribution in [1.82, 2.24) is 16.0 Å². The molecule has 0 aromatic rings. The van der Waals surface area contributed by atoms with Crippen LogP contribution in [0.5, 0.6) is 0 Å². The average molecular weight is 315 g/mol. The maximum atomic E-state index is 12.1. The Morgan fingerprint density at radius 1 is 1.32 bits per heavy atom. The normalized spacial score (nSPS) is 21.7. The number of carbonyl (C=O) groups excluding carboxylic acids is 2. The first-order valence-corrected chi connectivity index (χ1v) is 7.58. The van der Waals surface area contributed by atoms with E-state index in [9.17, 15) is 19.5 Å².